The fraction of sp³-hybridized carbons (Fsp3) is 0.386. The van der Waals surface area contributed by atoms with E-state index in [1.807, 2.05) is 62.6 Å². The number of nitrogens with zero attached hydrogens (tertiary/aromatic N) is 6. The Morgan fingerprint density at radius 3 is 1.36 bits per heavy atom. The van der Waals surface area contributed by atoms with Crippen molar-refractivity contribution in [3.63, 3.8) is 0 Å². The molecule has 4 aliphatic rings. The molecule has 3 atom stereocenters. The van der Waals surface area contributed by atoms with E-state index in [2.05, 4.69) is 60.1 Å². The van der Waals surface area contributed by atoms with Gasteiger partial charge in [-0.05, 0) is 270 Å². The van der Waals surface area contributed by atoms with Crippen molar-refractivity contribution < 1.29 is 50.2 Å². The SMILES string of the molecule is COC(=O)c1ccc(C(F)(F)F)c2nc(C(C)C3CCC(c4ccnc5ccc(F)cc45)CC3)[nH]c12.COC(=O)c1cccc2[nH]c([C@@H](C)C3CCC(c4ccnc5ccc(F)cc45)CC3)nc12.Cc1cc(C(=O)NC2CCC2)cc2[nH]c(C(C)C3CCC(c4ccnc5ccc(F)cc45)CC3)nc12. The smallest absolute Gasteiger partial charge is 0.418 e. The normalized spacial score (nSPS) is 20.3. The predicted molar refractivity (Wildman–Crippen MR) is 390 cm³/mol. The molecular weight excluding hydrogens is 1330 g/mol. The van der Waals surface area contributed by atoms with E-state index < -0.39 is 17.7 Å². The summed E-state index contributed by atoms with van der Waals surface area (Å²) in [6.07, 6.45) is 16.2. The van der Waals surface area contributed by atoms with Crippen LogP contribution in [0.1, 0.15) is 229 Å². The third-order valence-corrected chi connectivity index (χ3v) is 23.1. The summed E-state index contributed by atoms with van der Waals surface area (Å²) in [6, 6.07) is 32.1. The Labute approximate surface area is 598 Å². The number of alkyl halides is 3. The average Bonchev–Trinajstić information content (AvgIpc) is 1.61. The number of aryl methyl sites for hydroxylation is 1. The first-order valence-corrected chi connectivity index (χ1v) is 36.4. The summed E-state index contributed by atoms with van der Waals surface area (Å²) in [7, 11) is 2.57. The number of benzene rings is 6. The lowest BCUT2D eigenvalue weighted by molar-refractivity contribution is -0.136. The van der Waals surface area contributed by atoms with Crippen molar-refractivity contribution in [2.75, 3.05) is 14.2 Å². The minimum atomic E-state index is -4.60. The molecule has 0 spiro atoms. The van der Waals surface area contributed by atoms with Crippen molar-refractivity contribution in [3.8, 4) is 0 Å². The second-order valence-corrected chi connectivity index (χ2v) is 29.1. The number of methoxy groups -OCH3 is 2. The van der Waals surface area contributed by atoms with Crippen LogP contribution < -0.4 is 5.32 Å². The Bertz CT molecular complexity index is 5180. The topological polar surface area (TPSA) is 206 Å². The minimum Gasteiger partial charge on any atom is -0.465 e. The zero-order chi connectivity index (χ0) is 72.7. The standard InChI is InChI=1S/C30H33FN4O.C27H25F4N3O2.C26H26FN3O2/c1-17-14-21(30(36)33-23-4-3-5-23)15-27-28(17)35-29(34-27)18(2)19-6-8-20(9-7-19)24-12-13-32-26-11-10-22(31)16-25(24)26;1-14(25-33-23-19(26(35)36-2)8-9-21(24(23)34-25)27(29,30)31)15-3-5-16(6-4-15)18-11-12-32-22-10-7-17(28)13-20(18)22;1-15(25-29-23-5-3-4-20(24(23)30-25)26(31)32-2)16-6-8-17(9-7-16)19-12-13-28-22-11-10-18(27)14-21(19)22/h10-16,18-20,23H,3-9H2,1-2H3,(H,33,36)(H,34,35);7-16H,3-6H2,1-2H3,(H,33,34);3-5,10-17H,6-9H2,1-2H3,(H,29,30)/t;;15-,16?,17?/m..0/s1. The second kappa shape index (κ2) is 30.0. The number of nitrogens with one attached hydrogen (secondary N) is 4. The molecule has 4 fully saturated rings. The summed E-state index contributed by atoms with van der Waals surface area (Å²) >= 11 is 0. The fourth-order valence-corrected chi connectivity index (χ4v) is 16.8. The molecule has 1 amide bonds. The van der Waals surface area contributed by atoms with Gasteiger partial charge < -0.3 is 29.7 Å². The van der Waals surface area contributed by atoms with E-state index in [1.54, 1.807) is 42.6 Å². The monoisotopic (exact) mass is 1410 g/mol. The molecule has 6 heterocycles. The number of aromatic amines is 3. The quantitative estimate of drug-likeness (QED) is 0.0631. The number of para-hydroxylation sites is 1. The number of imidazole rings is 3. The maximum Gasteiger partial charge on any atom is 0.418 e. The molecule has 15 nitrogen and oxygen atoms in total. The lowest BCUT2D eigenvalue weighted by atomic mass is 9.73. The van der Waals surface area contributed by atoms with Gasteiger partial charge in [0.1, 0.15) is 46.0 Å². The van der Waals surface area contributed by atoms with E-state index in [0.717, 1.165) is 174 Å². The number of H-pyrrole nitrogens is 3. The number of aromatic nitrogens is 9. The number of carbonyl (C=O) groups is 3. The Kier molecular flexibility index (Phi) is 20.4. The molecule has 0 bridgehead atoms. The van der Waals surface area contributed by atoms with Crippen LogP contribution >= 0.6 is 0 Å². The fourth-order valence-electron chi connectivity index (χ4n) is 16.8. The van der Waals surface area contributed by atoms with Crippen molar-refractivity contribution in [2.45, 2.75) is 172 Å². The van der Waals surface area contributed by atoms with Crippen LogP contribution in [0.3, 0.4) is 0 Å². The highest BCUT2D eigenvalue weighted by Crippen LogP contribution is 2.47. The number of halogens is 6. The number of rotatable bonds is 13. The first-order chi connectivity index (χ1) is 50.2. The van der Waals surface area contributed by atoms with E-state index in [4.69, 9.17) is 19.4 Å². The number of carbonyl (C=O) groups excluding carboxylic acids is 3. The molecule has 21 heteroatoms. The largest absolute Gasteiger partial charge is 0.465 e. The summed E-state index contributed by atoms with van der Waals surface area (Å²) in [5.74, 6) is 3.26. The number of hydrogen-bond donors (Lipinski definition) is 4. The number of ether oxygens (including phenoxy) is 2. The molecule has 4 N–H and O–H groups in total. The highest BCUT2D eigenvalue weighted by Gasteiger charge is 2.38. The summed E-state index contributed by atoms with van der Waals surface area (Å²) in [6.45, 7) is 8.45. The van der Waals surface area contributed by atoms with Gasteiger partial charge in [-0.2, -0.15) is 13.2 Å². The van der Waals surface area contributed by atoms with Gasteiger partial charge in [0, 0.05) is 64.1 Å². The van der Waals surface area contributed by atoms with Gasteiger partial charge in [0.2, 0.25) is 0 Å². The van der Waals surface area contributed by atoms with Crippen LogP contribution in [-0.4, -0.2) is 83.0 Å². The Morgan fingerprint density at radius 2 is 0.913 bits per heavy atom. The number of esters is 2. The average molecular weight is 1420 g/mol. The van der Waals surface area contributed by atoms with Gasteiger partial charge in [0.15, 0.2) is 0 Å². The summed E-state index contributed by atoms with van der Waals surface area (Å²) in [5, 5.41) is 5.83. The van der Waals surface area contributed by atoms with Crippen molar-refractivity contribution in [1.29, 1.82) is 0 Å². The zero-order valence-electron chi connectivity index (χ0n) is 59.1. The second-order valence-electron chi connectivity index (χ2n) is 29.1. The van der Waals surface area contributed by atoms with E-state index in [1.165, 1.54) is 56.0 Å². The zero-order valence-corrected chi connectivity index (χ0v) is 59.1. The van der Waals surface area contributed by atoms with Crippen LogP contribution in [0.5, 0.6) is 0 Å². The first-order valence-electron chi connectivity index (χ1n) is 36.4. The maximum absolute atomic E-state index is 13.9. The van der Waals surface area contributed by atoms with Crippen LogP contribution in [0.25, 0.3) is 65.8 Å². The number of pyridine rings is 3. The molecule has 12 aromatic rings. The summed E-state index contributed by atoms with van der Waals surface area (Å²) in [4.78, 5) is 74.2. The Balaban J connectivity index is 0.000000132. The van der Waals surface area contributed by atoms with Gasteiger partial charge in [0.05, 0.1) is 69.5 Å². The van der Waals surface area contributed by atoms with Gasteiger partial charge in [-0.25, -0.2) is 37.7 Å². The lowest BCUT2D eigenvalue weighted by Gasteiger charge is -2.32. The molecule has 104 heavy (non-hydrogen) atoms. The maximum atomic E-state index is 13.9. The van der Waals surface area contributed by atoms with Gasteiger partial charge in [-0.1, -0.05) is 26.8 Å². The van der Waals surface area contributed by atoms with Crippen molar-refractivity contribution in [2.24, 2.45) is 17.8 Å². The molecule has 16 rings (SSSR count). The molecule has 2 unspecified atom stereocenters. The molecular formula is C83H84F6N10O5. The lowest BCUT2D eigenvalue weighted by Crippen LogP contribution is -2.39. The van der Waals surface area contributed by atoms with Gasteiger partial charge >= 0.3 is 18.1 Å². The molecule has 0 radical (unpaired) electrons. The van der Waals surface area contributed by atoms with Gasteiger partial charge in [0.25, 0.3) is 5.91 Å². The molecule has 0 aliphatic heterocycles. The molecule has 538 valence electrons. The summed E-state index contributed by atoms with van der Waals surface area (Å²) in [5.41, 5.74) is 10.5. The Hall–Kier alpha value is -10.1. The molecule has 6 aromatic heterocycles. The van der Waals surface area contributed by atoms with E-state index >= 15 is 0 Å². The third-order valence-electron chi connectivity index (χ3n) is 23.1. The van der Waals surface area contributed by atoms with Gasteiger partial charge in [-0.3, -0.25) is 19.7 Å². The van der Waals surface area contributed by atoms with Crippen LogP contribution in [0.4, 0.5) is 26.3 Å². The van der Waals surface area contributed by atoms with E-state index in [0.29, 0.717) is 58.1 Å². The van der Waals surface area contributed by atoms with Crippen molar-refractivity contribution in [3.05, 3.63) is 213 Å². The molecule has 6 aromatic carbocycles. The van der Waals surface area contributed by atoms with Gasteiger partial charge in [-0.15, -0.1) is 0 Å². The number of hydrogen-bond acceptors (Lipinski definition) is 11. The van der Waals surface area contributed by atoms with Crippen molar-refractivity contribution in [1.82, 2.24) is 50.2 Å². The highest BCUT2D eigenvalue weighted by atomic mass is 19.4. The third kappa shape index (κ3) is 14.6. The van der Waals surface area contributed by atoms with E-state index in [-0.39, 0.29) is 69.6 Å². The predicted octanol–water partition coefficient (Wildman–Crippen LogP) is 20.2. The number of amides is 1. The highest BCUT2D eigenvalue weighted by molar-refractivity contribution is 6.04. The van der Waals surface area contributed by atoms with Crippen LogP contribution in [0, 0.1) is 42.1 Å². The molecule has 4 aliphatic carbocycles. The summed E-state index contributed by atoms with van der Waals surface area (Å²) < 4.78 is 92.3. The van der Waals surface area contributed by atoms with E-state index in [9.17, 15) is 40.7 Å². The minimum absolute atomic E-state index is 0.00994. The molecule has 0 saturated heterocycles. The van der Waals surface area contributed by atoms with Crippen LogP contribution in [0.2, 0.25) is 0 Å². The Morgan fingerprint density at radius 1 is 0.481 bits per heavy atom. The van der Waals surface area contributed by atoms with Crippen molar-refractivity contribution >= 4 is 83.7 Å². The first kappa shape index (κ1) is 71.0. The van der Waals surface area contributed by atoms with Crippen LogP contribution in [0.15, 0.2) is 134 Å². The number of fused-ring (bicyclic) bond motifs is 6. The molecule has 4 saturated carbocycles. The van der Waals surface area contributed by atoms with Crippen LogP contribution in [-0.2, 0) is 15.7 Å².